The molecule has 0 bridgehead atoms. The summed E-state index contributed by atoms with van der Waals surface area (Å²) in [6, 6.07) is 21.6. The van der Waals surface area contributed by atoms with E-state index in [1.165, 1.54) is 13.8 Å². The van der Waals surface area contributed by atoms with Crippen molar-refractivity contribution in [1.82, 2.24) is 0 Å². The van der Waals surface area contributed by atoms with Gasteiger partial charge in [0.1, 0.15) is 0 Å². The molecule has 3 aromatic rings. The summed E-state index contributed by atoms with van der Waals surface area (Å²) in [5, 5.41) is 0. The Labute approximate surface area is 219 Å². The third-order valence-electron chi connectivity index (χ3n) is 5.42. The first-order valence-corrected chi connectivity index (χ1v) is 11.9. The van der Waals surface area contributed by atoms with Crippen molar-refractivity contribution in [3.8, 4) is 11.1 Å². The van der Waals surface area contributed by atoms with E-state index >= 15 is 0 Å². The monoisotopic (exact) mass is 504 g/mol. The van der Waals surface area contributed by atoms with E-state index in [1.54, 1.807) is 52.3 Å². The molecule has 0 aliphatic carbocycles. The van der Waals surface area contributed by atoms with Crippen molar-refractivity contribution in [2.75, 3.05) is 20.8 Å². The van der Waals surface area contributed by atoms with Gasteiger partial charge in [-0.25, -0.2) is 0 Å². The summed E-state index contributed by atoms with van der Waals surface area (Å²) in [6.07, 6.45) is 0.227. The minimum Gasteiger partial charge on any atom is -0.382 e. The van der Waals surface area contributed by atoms with Gasteiger partial charge in [0.25, 0.3) is 0 Å². The molecule has 0 saturated carbocycles. The van der Waals surface area contributed by atoms with Crippen LogP contribution in [-0.4, -0.2) is 50.1 Å². The number of rotatable bonds is 8. The average molecular weight is 505 g/mol. The van der Waals surface area contributed by atoms with Crippen LogP contribution in [0.5, 0.6) is 0 Å². The molecule has 0 aromatic heterocycles. The molecule has 0 radical (unpaired) electrons. The zero-order valence-corrected chi connectivity index (χ0v) is 22.7. The molecule has 0 aliphatic rings. The Bertz CT molecular complexity index is 1070. The average Bonchev–Trinajstić information content (AvgIpc) is 2.89. The van der Waals surface area contributed by atoms with E-state index in [0.717, 1.165) is 11.1 Å². The number of Topliss-reactive ketones (excluding diaryl/α,β-unsaturated/α-hetero) is 4. The first-order valence-electron chi connectivity index (χ1n) is 11.9. The number of benzene rings is 3. The maximum atomic E-state index is 11.2. The quantitative estimate of drug-likeness (QED) is 0.325. The summed E-state index contributed by atoms with van der Waals surface area (Å²) in [5.41, 5.74) is 4.77. The van der Waals surface area contributed by atoms with E-state index in [2.05, 4.69) is 0 Å². The van der Waals surface area contributed by atoms with Crippen LogP contribution in [0.4, 0.5) is 0 Å². The molecular weight excluding hydrogens is 468 g/mol. The highest BCUT2D eigenvalue weighted by Gasteiger charge is 2.03. The summed E-state index contributed by atoms with van der Waals surface area (Å²) in [7, 11) is 3.33. The summed E-state index contributed by atoms with van der Waals surface area (Å²) in [6.45, 7) is 8.75. The minimum atomic E-state index is 0.0186. The zero-order chi connectivity index (χ0) is 28.0. The smallest absolute Gasteiger partial charge is 0.159 e. The lowest BCUT2D eigenvalue weighted by atomic mass is 10.0. The van der Waals surface area contributed by atoms with Gasteiger partial charge in [-0.2, -0.15) is 0 Å². The van der Waals surface area contributed by atoms with Crippen LogP contribution in [0.15, 0.2) is 72.8 Å². The maximum absolute atomic E-state index is 11.2. The molecule has 0 heterocycles. The first kappa shape index (κ1) is 31.3. The van der Waals surface area contributed by atoms with Gasteiger partial charge >= 0.3 is 0 Å². The molecule has 196 valence electrons. The van der Waals surface area contributed by atoms with E-state index in [1.807, 2.05) is 55.5 Å². The molecule has 0 amide bonds. The van der Waals surface area contributed by atoms with Gasteiger partial charge in [-0.3, -0.25) is 19.2 Å². The zero-order valence-electron chi connectivity index (χ0n) is 22.7. The highest BCUT2D eigenvalue weighted by molar-refractivity contribution is 5.97. The topological polar surface area (TPSA) is 86.7 Å². The second kappa shape index (κ2) is 16.1. The summed E-state index contributed by atoms with van der Waals surface area (Å²) in [5.74, 6) is 0.164. The van der Waals surface area contributed by atoms with Crippen molar-refractivity contribution >= 4 is 23.1 Å². The third kappa shape index (κ3) is 11.2. The number of carbonyl (C=O) groups excluding carboxylic acids is 4. The molecule has 37 heavy (non-hydrogen) atoms. The van der Waals surface area contributed by atoms with Gasteiger partial charge in [-0.1, -0.05) is 72.8 Å². The molecule has 0 saturated heterocycles. The lowest BCUT2D eigenvalue weighted by Crippen LogP contribution is -2.11. The second-order valence-corrected chi connectivity index (χ2v) is 8.46. The lowest BCUT2D eigenvalue weighted by Gasteiger charge is -2.05. The van der Waals surface area contributed by atoms with Gasteiger partial charge in [-0.05, 0) is 45.7 Å². The fourth-order valence-electron chi connectivity index (χ4n) is 3.04. The van der Waals surface area contributed by atoms with Crippen molar-refractivity contribution in [3.05, 3.63) is 95.1 Å². The standard InChI is InChI=1S/C16H14O2.C10H10O2.C5H12O2/c1-11(17)13-3-7-15(8-4-13)16-9-5-14(6-10-16)12(2)18;1-7(11)9-3-5-10(6-4-9)8(2)12;1-5(7-3)4-6-2/h3-10H,1-2H3;3-6H,1-2H3;5H,4H2,1-3H3/t;;5-/m..1/s1. The predicted molar refractivity (Wildman–Crippen MR) is 147 cm³/mol. The summed E-state index contributed by atoms with van der Waals surface area (Å²) in [4.78, 5) is 44.0. The highest BCUT2D eigenvalue weighted by Crippen LogP contribution is 2.20. The normalized spacial score (nSPS) is 10.7. The minimum absolute atomic E-state index is 0.0186. The summed E-state index contributed by atoms with van der Waals surface area (Å²) < 4.78 is 9.64. The van der Waals surface area contributed by atoms with E-state index in [9.17, 15) is 19.2 Å². The highest BCUT2D eigenvalue weighted by atomic mass is 16.5. The number of hydrogen-bond donors (Lipinski definition) is 0. The number of methoxy groups -OCH3 is 2. The molecule has 1 atom stereocenters. The number of carbonyl (C=O) groups is 4. The van der Waals surface area contributed by atoms with Crippen molar-refractivity contribution in [2.24, 2.45) is 0 Å². The van der Waals surface area contributed by atoms with Gasteiger partial charge in [0.2, 0.25) is 0 Å². The summed E-state index contributed by atoms with van der Waals surface area (Å²) >= 11 is 0. The Hall–Kier alpha value is -3.74. The first-order chi connectivity index (χ1) is 17.5. The number of ketones is 4. The van der Waals surface area contributed by atoms with Crippen molar-refractivity contribution in [3.63, 3.8) is 0 Å². The van der Waals surface area contributed by atoms with E-state index in [-0.39, 0.29) is 29.2 Å². The van der Waals surface area contributed by atoms with E-state index < -0.39 is 0 Å². The number of ether oxygens (including phenoxy) is 2. The van der Waals surface area contributed by atoms with Crippen molar-refractivity contribution in [1.29, 1.82) is 0 Å². The Kier molecular flexibility index (Phi) is 13.6. The SMILES string of the molecule is CC(=O)c1ccc(-c2ccc(C(C)=O)cc2)cc1.CC(=O)c1ccc(C(C)=O)cc1.COC[C@@H](C)OC. The molecule has 0 fully saturated rings. The van der Waals surface area contributed by atoms with Crippen molar-refractivity contribution < 1.29 is 28.7 Å². The predicted octanol–water partition coefficient (Wildman–Crippen LogP) is 6.52. The Morgan fingerprint density at radius 1 is 0.541 bits per heavy atom. The van der Waals surface area contributed by atoms with Gasteiger partial charge in [0.05, 0.1) is 12.7 Å². The second-order valence-electron chi connectivity index (χ2n) is 8.46. The van der Waals surface area contributed by atoms with Gasteiger partial charge < -0.3 is 9.47 Å². The van der Waals surface area contributed by atoms with Crippen LogP contribution in [0.2, 0.25) is 0 Å². The van der Waals surface area contributed by atoms with Crippen LogP contribution in [0.1, 0.15) is 76.1 Å². The molecule has 6 heteroatoms. The van der Waals surface area contributed by atoms with Crippen LogP contribution in [0.25, 0.3) is 11.1 Å². The van der Waals surface area contributed by atoms with Crippen LogP contribution in [-0.2, 0) is 9.47 Å². The molecule has 0 N–H and O–H groups in total. The molecule has 6 nitrogen and oxygen atoms in total. The van der Waals surface area contributed by atoms with Crippen LogP contribution in [0.3, 0.4) is 0 Å². The molecule has 0 spiro atoms. The van der Waals surface area contributed by atoms with Crippen LogP contribution < -0.4 is 0 Å². The molecule has 0 unspecified atom stereocenters. The molecule has 3 aromatic carbocycles. The molecular formula is C31H36O6. The maximum Gasteiger partial charge on any atom is 0.159 e. The largest absolute Gasteiger partial charge is 0.382 e. The molecule has 3 rings (SSSR count). The third-order valence-corrected chi connectivity index (χ3v) is 5.42. The molecule has 0 aliphatic heterocycles. The lowest BCUT2D eigenvalue weighted by molar-refractivity contribution is 0.0401. The fraction of sp³-hybridized carbons (Fsp3) is 0.290. The Morgan fingerprint density at radius 2 is 0.784 bits per heavy atom. The van der Waals surface area contributed by atoms with Gasteiger partial charge in [0, 0.05) is 36.5 Å². The Morgan fingerprint density at radius 3 is 0.946 bits per heavy atom. The van der Waals surface area contributed by atoms with Crippen LogP contribution >= 0.6 is 0 Å². The van der Waals surface area contributed by atoms with E-state index in [4.69, 9.17) is 9.47 Å². The van der Waals surface area contributed by atoms with Crippen LogP contribution in [0, 0.1) is 0 Å². The van der Waals surface area contributed by atoms with Gasteiger partial charge in [0.15, 0.2) is 23.1 Å². The number of hydrogen-bond acceptors (Lipinski definition) is 6. The Balaban J connectivity index is 0.000000311. The van der Waals surface area contributed by atoms with Gasteiger partial charge in [-0.15, -0.1) is 0 Å². The fourth-order valence-corrected chi connectivity index (χ4v) is 3.04. The van der Waals surface area contributed by atoms with Crippen molar-refractivity contribution in [2.45, 2.75) is 40.7 Å². The van der Waals surface area contributed by atoms with E-state index in [0.29, 0.717) is 28.9 Å².